The number of carbonyl (C=O) groups is 1. The summed E-state index contributed by atoms with van der Waals surface area (Å²) in [5.41, 5.74) is 0.515. The highest BCUT2D eigenvalue weighted by atomic mass is 19.3. The highest BCUT2D eigenvalue weighted by molar-refractivity contribution is 6.01. The molecule has 1 aromatic carbocycles. The number of nitrogens with one attached hydrogen (secondary N) is 1. The summed E-state index contributed by atoms with van der Waals surface area (Å²) in [5.74, 6) is -0.597. The quantitative estimate of drug-likeness (QED) is 0.816. The van der Waals surface area contributed by atoms with Crippen molar-refractivity contribution < 1.29 is 18.3 Å². The molecule has 84 valence electrons. The summed E-state index contributed by atoms with van der Waals surface area (Å²) in [7, 11) is 1.51. The van der Waals surface area contributed by atoms with E-state index in [0.717, 1.165) is 0 Å². The number of hydrogen-bond donors (Lipinski definition) is 1. The Morgan fingerprint density at radius 1 is 1.38 bits per heavy atom. The molecule has 0 atom stereocenters. The number of halogens is 2. The van der Waals surface area contributed by atoms with Crippen molar-refractivity contribution in [2.75, 3.05) is 7.11 Å². The van der Waals surface area contributed by atoms with Gasteiger partial charge in [-0.1, -0.05) is 0 Å². The van der Waals surface area contributed by atoms with Crippen LogP contribution in [0.3, 0.4) is 0 Å². The van der Waals surface area contributed by atoms with Crippen molar-refractivity contribution >= 4 is 16.7 Å². The smallest absolute Gasteiger partial charge is 0.302 e. The lowest BCUT2D eigenvalue weighted by Gasteiger charge is -1.97. The standard InChI is InChI=1S/C11H9F2NO2/c1-16-7-3-2-6-4-9(10(15)11(12)13)14-8(6)5-7/h2-5,11,14H,1H3. The lowest BCUT2D eigenvalue weighted by molar-refractivity contribution is 0.0674. The van der Waals surface area contributed by atoms with Crippen molar-refractivity contribution in [3.8, 4) is 5.75 Å². The van der Waals surface area contributed by atoms with Gasteiger partial charge in [0.05, 0.1) is 12.8 Å². The fourth-order valence-electron chi connectivity index (χ4n) is 1.48. The number of aromatic amines is 1. The molecule has 0 saturated heterocycles. The maximum absolute atomic E-state index is 12.2. The molecule has 0 spiro atoms. The molecular formula is C11H9F2NO2. The Balaban J connectivity index is 2.47. The first-order valence-corrected chi connectivity index (χ1v) is 4.61. The van der Waals surface area contributed by atoms with E-state index in [4.69, 9.17) is 4.74 Å². The van der Waals surface area contributed by atoms with E-state index in [0.29, 0.717) is 16.7 Å². The van der Waals surface area contributed by atoms with Crippen LogP contribution in [-0.2, 0) is 0 Å². The van der Waals surface area contributed by atoms with Gasteiger partial charge < -0.3 is 9.72 Å². The van der Waals surface area contributed by atoms with Crippen LogP contribution in [-0.4, -0.2) is 24.3 Å². The molecule has 0 fully saturated rings. The predicted molar refractivity (Wildman–Crippen MR) is 55.2 cm³/mol. The van der Waals surface area contributed by atoms with Gasteiger partial charge in [-0.2, -0.15) is 0 Å². The molecule has 2 aromatic rings. The number of H-pyrrole nitrogens is 1. The average molecular weight is 225 g/mol. The second-order valence-electron chi connectivity index (χ2n) is 3.30. The summed E-state index contributed by atoms with van der Waals surface area (Å²) in [4.78, 5) is 13.7. The van der Waals surface area contributed by atoms with Crippen LogP contribution >= 0.6 is 0 Å². The molecular weight excluding hydrogens is 216 g/mol. The van der Waals surface area contributed by atoms with Gasteiger partial charge in [-0.05, 0) is 18.2 Å². The summed E-state index contributed by atoms with van der Waals surface area (Å²) in [6.45, 7) is 0. The van der Waals surface area contributed by atoms with Gasteiger partial charge in [0.1, 0.15) is 5.75 Å². The number of methoxy groups -OCH3 is 1. The molecule has 0 aliphatic heterocycles. The first-order chi connectivity index (χ1) is 7.61. The third-order valence-electron chi connectivity index (χ3n) is 2.29. The number of hydrogen-bond acceptors (Lipinski definition) is 2. The van der Waals surface area contributed by atoms with Crippen molar-refractivity contribution in [2.24, 2.45) is 0 Å². The Labute approximate surface area is 90.0 Å². The predicted octanol–water partition coefficient (Wildman–Crippen LogP) is 2.62. The minimum Gasteiger partial charge on any atom is -0.497 e. The molecule has 5 heteroatoms. The van der Waals surface area contributed by atoms with Crippen LogP contribution in [0.1, 0.15) is 10.5 Å². The number of alkyl halides is 2. The molecule has 0 radical (unpaired) electrons. The molecule has 0 aliphatic carbocycles. The van der Waals surface area contributed by atoms with Gasteiger partial charge in [-0.3, -0.25) is 4.79 Å². The summed E-state index contributed by atoms with van der Waals surface area (Å²) in [5, 5.41) is 0.699. The number of aromatic nitrogens is 1. The van der Waals surface area contributed by atoms with Crippen LogP contribution in [0.2, 0.25) is 0 Å². The zero-order valence-electron chi connectivity index (χ0n) is 8.46. The Kier molecular flexibility index (Phi) is 2.60. The minimum absolute atomic E-state index is 0.0850. The average Bonchev–Trinajstić information content (AvgIpc) is 2.69. The SMILES string of the molecule is COc1ccc2cc(C(=O)C(F)F)[nH]c2c1. The maximum atomic E-state index is 12.2. The molecule has 0 unspecified atom stereocenters. The van der Waals surface area contributed by atoms with Crippen LogP contribution < -0.4 is 4.74 Å². The van der Waals surface area contributed by atoms with Crippen molar-refractivity contribution in [3.63, 3.8) is 0 Å². The van der Waals surface area contributed by atoms with E-state index in [1.807, 2.05) is 0 Å². The van der Waals surface area contributed by atoms with E-state index < -0.39 is 12.2 Å². The van der Waals surface area contributed by atoms with Crippen LogP contribution in [0.25, 0.3) is 10.9 Å². The molecule has 2 rings (SSSR count). The molecule has 0 amide bonds. The highest BCUT2D eigenvalue weighted by Crippen LogP contribution is 2.22. The topological polar surface area (TPSA) is 42.1 Å². The van der Waals surface area contributed by atoms with Crippen molar-refractivity contribution in [1.29, 1.82) is 0 Å². The van der Waals surface area contributed by atoms with Gasteiger partial charge >= 0.3 is 6.43 Å². The van der Waals surface area contributed by atoms with Crippen LogP contribution in [0.4, 0.5) is 8.78 Å². The van der Waals surface area contributed by atoms with Crippen molar-refractivity contribution in [2.45, 2.75) is 6.43 Å². The first-order valence-electron chi connectivity index (χ1n) is 4.61. The molecule has 0 saturated carbocycles. The third kappa shape index (κ3) is 1.76. The summed E-state index contributed by atoms with van der Waals surface area (Å²) >= 11 is 0. The third-order valence-corrected chi connectivity index (χ3v) is 2.29. The highest BCUT2D eigenvalue weighted by Gasteiger charge is 2.19. The number of Topliss-reactive ketones (excluding diaryl/α,β-unsaturated/α-hetero) is 1. The zero-order chi connectivity index (χ0) is 11.7. The molecule has 0 bridgehead atoms. The van der Waals surface area contributed by atoms with Gasteiger partial charge in [0.2, 0.25) is 5.78 Å². The van der Waals surface area contributed by atoms with Gasteiger partial charge in [-0.15, -0.1) is 0 Å². The normalized spacial score (nSPS) is 11.0. The second kappa shape index (κ2) is 3.92. The number of benzene rings is 1. The molecule has 16 heavy (non-hydrogen) atoms. The number of ether oxygens (including phenoxy) is 1. The molecule has 1 heterocycles. The molecule has 1 aromatic heterocycles. The van der Waals surface area contributed by atoms with Crippen molar-refractivity contribution in [1.82, 2.24) is 4.98 Å². The van der Waals surface area contributed by atoms with E-state index in [9.17, 15) is 13.6 Å². The van der Waals surface area contributed by atoms with E-state index in [-0.39, 0.29) is 5.69 Å². The Bertz CT molecular complexity index is 534. The van der Waals surface area contributed by atoms with Gasteiger partial charge in [-0.25, -0.2) is 8.78 Å². The number of fused-ring (bicyclic) bond motifs is 1. The largest absolute Gasteiger partial charge is 0.497 e. The monoisotopic (exact) mass is 225 g/mol. The van der Waals surface area contributed by atoms with E-state index >= 15 is 0 Å². The zero-order valence-corrected chi connectivity index (χ0v) is 8.46. The molecule has 3 nitrogen and oxygen atoms in total. The lowest BCUT2D eigenvalue weighted by Crippen LogP contribution is -2.10. The fraction of sp³-hybridized carbons (Fsp3) is 0.182. The summed E-state index contributed by atoms with van der Waals surface area (Å²) in [6.07, 6.45) is -2.99. The number of carbonyl (C=O) groups excluding carboxylic acids is 1. The fourth-order valence-corrected chi connectivity index (χ4v) is 1.48. The number of ketones is 1. The van der Waals surface area contributed by atoms with Crippen LogP contribution in [0.15, 0.2) is 24.3 Å². The van der Waals surface area contributed by atoms with Crippen molar-refractivity contribution in [3.05, 3.63) is 30.0 Å². The molecule has 0 aliphatic rings. The summed E-state index contributed by atoms with van der Waals surface area (Å²) < 4.78 is 29.4. The second-order valence-corrected chi connectivity index (χ2v) is 3.30. The van der Waals surface area contributed by atoms with E-state index in [1.165, 1.54) is 13.2 Å². The van der Waals surface area contributed by atoms with Crippen LogP contribution in [0.5, 0.6) is 5.75 Å². The van der Waals surface area contributed by atoms with Gasteiger partial charge in [0.25, 0.3) is 0 Å². The van der Waals surface area contributed by atoms with Crippen LogP contribution in [0, 0.1) is 0 Å². The summed E-state index contributed by atoms with van der Waals surface area (Å²) in [6, 6.07) is 6.46. The van der Waals surface area contributed by atoms with E-state index in [2.05, 4.69) is 4.98 Å². The molecule has 1 N–H and O–H groups in total. The Morgan fingerprint density at radius 2 is 2.12 bits per heavy atom. The lowest BCUT2D eigenvalue weighted by atomic mass is 10.2. The Hall–Kier alpha value is -1.91. The maximum Gasteiger partial charge on any atom is 0.302 e. The van der Waals surface area contributed by atoms with Gasteiger partial charge in [0.15, 0.2) is 0 Å². The number of rotatable bonds is 3. The first kappa shape index (κ1) is 10.6. The Morgan fingerprint density at radius 3 is 2.75 bits per heavy atom. The van der Waals surface area contributed by atoms with Gasteiger partial charge in [0, 0.05) is 17.0 Å². The van der Waals surface area contributed by atoms with E-state index in [1.54, 1.807) is 18.2 Å². The minimum atomic E-state index is -2.99.